The van der Waals surface area contributed by atoms with E-state index in [9.17, 15) is 4.79 Å². The SMILES string of the molecule is CCCN(CCC)c1cncc(C(=O)Nc2cc(OC)ccc2OC)c1. The van der Waals surface area contributed by atoms with Crippen LogP contribution in [0.3, 0.4) is 0 Å². The first-order valence-electron chi connectivity index (χ1n) is 8.86. The number of anilines is 2. The summed E-state index contributed by atoms with van der Waals surface area (Å²) in [6.07, 6.45) is 5.45. The van der Waals surface area contributed by atoms with E-state index in [1.54, 1.807) is 44.8 Å². The van der Waals surface area contributed by atoms with Crippen molar-refractivity contribution in [2.45, 2.75) is 26.7 Å². The predicted molar refractivity (Wildman–Crippen MR) is 105 cm³/mol. The molecule has 0 unspecified atom stereocenters. The molecule has 1 N–H and O–H groups in total. The number of carbonyl (C=O) groups excluding carboxylic acids is 1. The summed E-state index contributed by atoms with van der Waals surface area (Å²) in [5, 5.41) is 2.88. The number of rotatable bonds is 9. The fourth-order valence-electron chi connectivity index (χ4n) is 2.74. The van der Waals surface area contributed by atoms with Gasteiger partial charge in [-0.3, -0.25) is 9.78 Å². The Morgan fingerprint density at radius 2 is 1.81 bits per heavy atom. The summed E-state index contributed by atoms with van der Waals surface area (Å²) in [4.78, 5) is 19.2. The van der Waals surface area contributed by atoms with E-state index in [4.69, 9.17) is 9.47 Å². The highest BCUT2D eigenvalue weighted by Crippen LogP contribution is 2.29. The van der Waals surface area contributed by atoms with Crippen LogP contribution in [0.5, 0.6) is 11.5 Å². The Morgan fingerprint density at radius 3 is 2.42 bits per heavy atom. The second-order valence-corrected chi connectivity index (χ2v) is 5.94. The summed E-state index contributed by atoms with van der Waals surface area (Å²) < 4.78 is 10.5. The van der Waals surface area contributed by atoms with Gasteiger partial charge in [0.05, 0.1) is 37.4 Å². The van der Waals surface area contributed by atoms with Gasteiger partial charge in [-0.1, -0.05) is 13.8 Å². The molecule has 0 atom stereocenters. The number of carbonyl (C=O) groups is 1. The Morgan fingerprint density at radius 1 is 1.08 bits per heavy atom. The molecule has 6 heteroatoms. The minimum absolute atomic E-state index is 0.237. The Hall–Kier alpha value is -2.76. The first-order valence-corrected chi connectivity index (χ1v) is 8.86. The van der Waals surface area contributed by atoms with Gasteiger partial charge in [-0.2, -0.15) is 0 Å². The third-order valence-electron chi connectivity index (χ3n) is 3.99. The van der Waals surface area contributed by atoms with Crippen LogP contribution in [-0.2, 0) is 0 Å². The van der Waals surface area contributed by atoms with Crippen molar-refractivity contribution in [2.75, 3.05) is 37.5 Å². The standard InChI is InChI=1S/C20H27N3O3/c1-5-9-23(10-6-2)16-11-15(13-21-14-16)20(24)22-18-12-17(25-3)7-8-19(18)26-4/h7-8,11-14H,5-6,9-10H2,1-4H3,(H,22,24). The van der Waals surface area contributed by atoms with Crippen molar-refractivity contribution in [3.05, 3.63) is 42.2 Å². The summed E-state index contributed by atoms with van der Waals surface area (Å²) in [7, 11) is 3.14. The lowest BCUT2D eigenvalue weighted by atomic mass is 10.2. The van der Waals surface area contributed by atoms with E-state index in [1.807, 2.05) is 6.07 Å². The molecule has 0 radical (unpaired) electrons. The highest BCUT2D eigenvalue weighted by Gasteiger charge is 2.13. The fraction of sp³-hybridized carbons (Fsp3) is 0.400. The average molecular weight is 357 g/mol. The zero-order valence-corrected chi connectivity index (χ0v) is 15.9. The molecule has 1 aromatic carbocycles. The van der Waals surface area contributed by atoms with E-state index in [2.05, 4.69) is 29.0 Å². The Kier molecular flexibility index (Phi) is 7.26. The maximum Gasteiger partial charge on any atom is 0.257 e. The number of methoxy groups -OCH3 is 2. The molecule has 0 aliphatic heterocycles. The lowest BCUT2D eigenvalue weighted by molar-refractivity contribution is 0.102. The third-order valence-corrected chi connectivity index (χ3v) is 3.99. The van der Waals surface area contributed by atoms with Crippen molar-refractivity contribution in [3.8, 4) is 11.5 Å². The van der Waals surface area contributed by atoms with Crippen molar-refractivity contribution in [3.63, 3.8) is 0 Å². The fourth-order valence-corrected chi connectivity index (χ4v) is 2.74. The van der Waals surface area contributed by atoms with Crippen LogP contribution in [0.25, 0.3) is 0 Å². The molecule has 0 aliphatic rings. The number of hydrogen-bond donors (Lipinski definition) is 1. The molecular weight excluding hydrogens is 330 g/mol. The average Bonchev–Trinajstić information content (AvgIpc) is 2.67. The van der Waals surface area contributed by atoms with Crippen LogP contribution in [0, 0.1) is 0 Å². The second kappa shape index (κ2) is 9.65. The van der Waals surface area contributed by atoms with Crippen LogP contribution in [0.1, 0.15) is 37.0 Å². The highest BCUT2D eigenvalue weighted by molar-refractivity contribution is 6.05. The predicted octanol–water partition coefficient (Wildman–Crippen LogP) is 3.98. The van der Waals surface area contributed by atoms with Crippen LogP contribution in [0.4, 0.5) is 11.4 Å². The Bertz CT molecular complexity index is 728. The molecule has 0 bridgehead atoms. The first-order chi connectivity index (χ1) is 12.6. The maximum atomic E-state index is 12.7. The lowest BCUT2D eigenvalue weighted by Gasteiger charge is -2.23. The summed E-state index contributed by atoms with van der Waals surface area (Å²) in [6.45, 7) is 6.15. The molecular formula is C20H27N3O3. The van der Waals surface area contributed by atoms with E-state index < -0.39 is 0 Å². The Labute approximate surface area is 155 Å². The molecule has 26 heavy (non-hydrogen) atoms. The third kappa shape index (κ3) is 4.88. The van der Waals surface area contributed by atoms with Crippen LogP contribution < -0.4 is 19.7 Å². The van der Waals surface area contributed by atoms with E-state index in [0.29, 0.717) is 22.7 Å². The second-order valence-electron chi connectivity index (χ2n) is 5.94. The van der Waals surface area contributed by atoms with Gasteiger partial charge in [0.1, 0.15) is 11.5 Å². The molecule has 0 saturated carbocycles. The van der Waals surface area contributed by atoms with Gasteiger partial charge >= 0.3 is 0 Å². The lowest BCUT2D eigenvalue weighted by Crippen LogP contribution is -2.25. The molecule has 1 heterocycles. The van der Waals surface area contributed by atoms with E-state index in [1.165, 1.54) is 0 Å². The van der Waals surface area contributed by atoms with Gasteiger partial charge in [-0.25, -0.2) is 0 Å². The molecule has 1 amide bonds. The molecule has 0 spiro atoms. The van der Waals surface area contributed by atoms with Crippen LogP contribution in [-0.4, -0.2) is 38.2 Å². The monoisotopic (exact) mass is 357 g/mol. The molecule has 140 valence electrons. The van der Waals surface area contributed by atoms with Gasteiger partial charge in [-0.05, 0) is 31.0 Å². The van der Waals surface area contributed by atoms with Crippen molar-refractivity contribution >= 4 is 17.3 Å². The zero-order chi connectivity index (χ0) is 18.9. The molecule has 0 fully saturated rings. The van der Waals surface area contributed by atoms with Gasteiger partial charge in [0.25, 0.3) is 5.91 Å². The normalized spacial score (nSPS) is 10.3. The Balaban J connectivity index is 2.24. The molecule has 1 aromatic heterocycles. The summed E-state index contributed by atoms with van der Waals surface area (Å²) >= 11 is 0. The molecule has 0 saturated heterocycles. The molecule has 6 nitrogen and oxygen atoms in total. The number of nitrogens with one attached hydrogen (secondary N) is 1. The van der Waals surface area contributed by atoms with Crippen molar-refractivity contribution in [1.82, 2.24) is 4.98 Å². The van der Waals surface area contributed by atoms with E-state index >= 15 is 0 Å². The number of ether oxygens (including phenoxy) is 2. The maximum absolute atomic E-state index is 12.7. The quantitative estimate of drug-likeness (QED) is 0.735. The number of hydrogen-bond acceptors (Lipinski definition) is 5. The first kappa shape index (κ1) is 19.6. The van der Waals surface area contributed by atoms with Crippen molar-refractivity contribution in [2.24, 2.45) is 0 Å². The topological polar surface area (TPSA) is 63.7 Å². The molecule has 2 aromatic rings. The van der Waals surface area contributed by atoms with Crippen LogP contribution in [0.2, 0.25) is 0 Å². The summed E-state index contributed by atoms with van der Waals surface area (Å²) in [5.41, 5.74) is 2.02. The zero-order valence-electron chi connectivity index (χ0n) is 15.9. The largest absolute Gasteiger partial charge is 0.497 e. The van der Waals surface area contributed by atoms with Gasteiger partial charge in [0, 0.05) is 25.4 Å². The van der Waals surface area contributed by atoms with E-state index in [-0.39, 0.29) is 5.91 Å². The summed E-state index contributed by atoms with van der Waals surface area (Å²) in [6, 6.07) is 7.15. The molecule has 2 rings (SSSR count). The van der Waals surface area contributed by atoms with E-state index in [0.717, 1.165) is 31.6 Å². The van der Waals surface area contributed by atoms with Crippen LogP contribution in [0.15, 0.2) is 36.7 Å². The van der Waals surface area contributed by atoms with Crippen molar-refractivity contribution in [1.29, 1.82) is 0 Å². The number of benzene rings is 1. The molecule has 0 aliphatic carbocycles. The number of amides is 1. The number of nitrogens with zero attached hydrogens (tertiary/aromatic N) is 2. The minimum Gasteiger partial charge on any atom is -0.497 e. The number of pyridine rings is 1. The minimum atomic E-state index is -0.237. The summed E-state index contributed by atoms with van der Waals surface area (Å²) in [5.74, 6) is 0.978. The highest BCUT2D eigenvalue weighted by atomic mass is 16.5. The number of aromatic nitrogens is 1. The van der Waals surface area contributed by atoms with Gasteiger partial charge < -0.3 is 19.7 Å². The van der Waals surface area contributed by atoms with Crippen molar-refractivity contribution < 1.29 is 14.3 Å². The van der Waals surface area contributed by atoms with Gasteiger partial charge in [0.2, 0.25) is 0 Å². The van der Waals surface area contributed by atoms with Gasteiger partial charge in [0.15, 0.2) is 0 Å². The van der Waals surface area contributed by atoms with Gasteiger partial charge in [-0.15, -0.1) is 0 Å². The van der Waals surface area contributed by atoms with Crippen LogP contribution >= 0.6 is 0 Å². The smallest absolute Gasteiger partial charge is 0.257 e.